The lowest BCUT2D eigenvalue weighted by atomic mass is 10.0. The molecule has 0 spiro atoms. The van der Waals surface area contributed by atoms with Gasteiger partial charge in [-0.1, -0.05) is 35.9 Å². The van der Waals surface area contributed by atoms with E-state index in [1.165, 1.54) is 31.5 Å². The topological polar surface area (TPSA) is 101 Å². The third kappa shape index (κ3) is 5.64. The van der Waals surface area contributed by atoms with Crippen molar-refractivity contribution in [2.24, 2.45) is 0 Å². The summed E-state index contributed by atoms with van der Waals surface area (Å²) < 4.78 is 18.0. The van der Waals surface area contributed by atoms with Crippen molar-refractivity contribution >= 4 is 28.6 Å². The third-order valence-corrected chi connectivity index (χ3v) is 6.88. The molecule has 1 fully saturated rings. The van der Waals surface area contributed by atoms with Crippen LogP contribution in [0.4, 0.5) is 5.82 Å². The van der Waals surface area contributed by atoms with Crippen molar-refractivity contribution in [2.75, 3.05) is 46.3 Å². The van der Waals surface area contributed by atoms with Crippen molar-refractivity contribution in [3.05, 3.63) is 58.6 Å². The van der Waals surface area contributed by atoms with Crippen LogP contribution < -0.4 is 15.2 Å². The van der Waals surface area contributed by atoms with Crippen LogP contribution in [0.2, 0.25) is 5.02 Å². The smallest absolute Gasteiger partial charge is 0.320 e. The van der Waals surface area contributed by atoms with Crippen molar-refractivity contribution in [2.45, 2.75) is 25.9 Å². The molecule has 0 amide bonds. The Morgan fingerprint density at radius 2 is 1.76 bits per heavy atom. The van der Waals surface area contributed by atoms with Crippen LogP contribution in [0.3, 0.4) is 0 Å². The van der Waals surface area contributed by atoms with E-state index in [0.717, 1.165) is 23.2 Å². The second-order valence-corrected chi connectivity index (χ2v) is 9.49. The molecule has 1 saturated heterocycles. The van der Waals surface area contributed by atoms with E-state index in [-0.39, 0.29) is 11.8 Å². The van der Waals surface area contributed by atoms with Crippen LogP contribution in [0, 0.1) is 0 Å². The minimum atomic E-state index is 0.153. The second-order valence-electron chi connectivity index (χ2n) is 9.08. The van der Waals surface area contributed by atoms with Crippen LogP contribution in [-0.2, 0) is 17.8 Å². The Balaban J connectivity index is 1.46. The highest BCUT2D eigenvalue weighted by molar-refractivity contribution is 6.31. The lowest BCUT2D eigenvalue weighted by molar-refractivity contribution is 0.141. The van der Waals surface area contributed by atoms with Crippen LogP contribution in [0.25, 0.3) is 22.3 Å². The first-order valence-corrected chi connectivity index (χ1v) is 12.7. The molecule has 194 valence electrons. The summed E-state index contributed by atoms with van der Waals surface area (Å²) in [5, 5.41) is 0.638. The van der Waals surface area contributed by atoms with Crippen LogP contribution in [-0.4, -0.2) is 64.9 Å². The first-order chi connectivity index (χ1) is 18.1. The zero-order chi connectivity index (χ0) is 25.8. The second kappa shape index (κ2) is 11.3. The molecule has 4 aromatic rings. The van der Waals surface area contributed by atoms with Gasteiger partial charge in [-0.05, 0) is 66.4 Å². The molecule has 0 radical (unpaired) electrons. The molecule has 0 saturated carbocycles. The Kier molecular flexibility index (Phi) is 7.73. The summed E-state index contributed by atoms with van der Waals surface area (Å²) in [6.07, 6.45) is 2.56. The van der Waals surface area contributed by atoms with Gasteiger partial charge < -0.3 is 19.9 Å². The number of hydrogen-bond acceptors (Lipinski definition) is 8. The lowest BCUT2D eigenvalue weighted by Crippen LogP contribution is -2.18. The molecule has 5 rings (SSSR count). The van der Waals surface area contributed by atoms with E-state index >= 15 is 0 Å². The van der Waals surface area contributed by atoms with Crippen LogP contribution in [0.5, 0.6) is 12.0 Å². The standard InChI is InChI=1S/C27H31ClN6O3/c1-35-12-13-37-26-31-24(29)23-25(32-26)34(27(30-23)36-2)17-21-15-20(8-9-22(21)28)19-7-5-6-18(14-19)16-33-10-3-4-11-33/h5-9,14-15H,3-4,10-13,16-17H2,1-2H3,(H2,29,31,32). The Morgan fingerprint density at radius 3 is 2.54 bits per heavy atom. The molecule has 1 aliphatic heterocycles. The van der Waals surface area contributed by atoms with E-state index in [9.17, 15) is 0 Å². The van der Waals surface area contributed by atoms with E-state index in [1.54, 1.807) is 14.2 Å². The molecular formula is C27H31ClN6O3. The molecule has 9 nitrogen and oxygen atoms in total. The van der Waals surface area contributed by atoms with Gasteiger partial charge in [-0.3, -0.25) is 9.47 Å². The quantitative estimate of drug-likeness (QED) is 0.306. The minimum absolute atomic E-state index is 0.153. The fraction of sp³-hybridized carbons (Fsp3) is 0.370. The predicted octanol–water partition coefficient (Wildman–Crippen LogP) is 4.41. The summed E-state index contributed by atoms with van der Waals surface area (Å²) >= 11 is 6.66. The van der Waals surface area contributed by atoms with Crippen LogP contribution >= 0.6 is 11.6 Å². The van der Waals surface area contributed by atoms with Crippen molar-refractivity contribution in [1.29, 1.82) is 0 Å². The number of ether oxygens (including phenoxy) is 3. The Morgan fingerprint density at radius 1 is 0.946 bits per heavy atom. The fourth-order valence-corrected chi connectivity index (χ4v) is 4.83. The number of methoxy groups -OCH3 is 2. The maximum atomic E-state index is 6.66. The van der Waals surface area contributed by atoms with Gasteiger partial charge in [0, 0.05) is 18.7 Å². The zero-order valence-electron chi connectivity index (χ0n) is 21.1. The summed E-state index contributed by atoms with van der Waals surface area (Å²) in [5.74, 6) is 0.212. The number of hydrogen-bond donors (Lipinski definition) is 1. The summed E-state index contributed by atoms with van der Waals surface area (Å²) in [6.45, 7) is 4.41. The molecule has 0 atom stereocenters. The first kappa shape index (κ1) is 25.3. The molecule has 2 aromatic carbocycles. The largest absolute Gasteiger partial charge is 0.468 e. The number of benzene rings is 2. The molecular weight excluding hydrogens is 492 g/mol. The van der Waals surface area contributed by atoms with Crippen molar-refractivity contribution in [1.82, 2.24) is 24.4 Å². The van der Waals surface area contributed by atoms with Crippen molar-refractivity contribution in [3.63, 3.8) is 0 Å². The van der Waals surface area contributed by atoms with Gasteiger partial charge in [0.25, 0.3) is 6.01 Å². The number of aromatic nitrogens is 4. The van der Waals surface area contributed by atoms with Crippen LogP contribution in [0.15, 0.2) is 42.5 Å². The number of imidazole rings is 1. The van der Waals surface area contributed by atoms with Gasteiger partial charge in [-0.25, -0.2) is 0 Å². The van der Waals surface area contributed by atoms with Gasteiger partial charge in [0.05, 0.1) is 20.3 Å². The highest BCUT2D eigenvalue weighted by Gasteiger charge is 2.19. The molecule has 2 N–H and O–H groups in total. The van der Waals surface area contributed by atoms with E-state index in [1.807, 2.05) is 16.7 Å². The number of fused-ring (bicyclic) bond motifs is 1. The van der Waals surface area contributed by atoms with Gasteiger partial charge in [0.15, 0.2) is 17.0 Å². The molecule has 2 aromatic heterocycles. The van der Waals surface area contributed by atoms with Crippen LogP contribution in [0.1, 0.15) is 24.0 Å². The highest BCUT2D eigenvalue weighted by atomic mass is 35.5. The molecule has 37 heavy (non-hydrogen) atoms. The van der Waals surface area contributed by atoms with E-state index in [2.05, 4.69) is 50.2 Å². The summed E-state index contributed by atoms with van der Waals surface area (Å²) in [6, 6.07) is 15.3. The minimum Gasteiger partial charge on any atom is -0.468 e. The SMILES string of the molecule is COCCOc1nc(N)c2nc(OC)n(Cc3cc(-c4cccc(CN5CCCC5)c4)ccc3Cl)c2n1. The molecule has 10 heteroatoms. The Labute approximate surface area is 221 Å². The number of nitrogens with two attached hydrogens (primary N) is 1. The Hall–Kier alpha value is -3.40. The molecule has 0 aliphatic carbocycles. The van der Waals surface area contributed by atoms with E-state index < -0.39 is 0 Å². The zero-order valence-corrected chi connectivity index (χ0v) is 21.9. The van der Waals surface area contributed by atoms with Crippen molar-refractivity contribution < 1.29 is 14.2 Å². The van der Waals surface area contributed by atoms with Gasteiger partial charge in [0.2, 0.25) is 0 Å². The molecule has 0 bridgehead atoms. The number of nitrogens with zero attached hydrogens (tertiary/aromatic N) is 5. The predicted molar refractivity (Wildman–Crippen MR) is 144 cm³/mol. The monoisotopic (exact) mass is 522 g/mol. The number of nitrogen functional groups attached to an aromatic ring is 1. The first-order valence-electron chi connectivity index (χ1n) is 12.4. The number of likely N-dealkylation sites (tertiary alicyclic amines) is 1. The third-order valence-electron chi connectivity index (χ3n) is 6.51. The molecule has 3 heterocycles. The maximum absolute atomic E-state index is 6.66. The highest BCUT2D eigenvalue weighted by Crippen LogP contribution is 2.31. The normalized spacial score (nSPS) is 13.9. The molecule has 0 unspecified atom stereocenters. The van der Waals surface area contributed by atoms with E-state index in [0.29, 0.717) is 42.0 Å². The van der Waals surface area contributed by atoms with Gasteiger partial charge in [-0.15, -0.1) is 0 Å². The number of rotatable bonds is 10. The number of anilines is 1. The summed E-state index contributed by atoms with van der Waals surface area (Å²) in [4.78, 5) is 15.8. The lowest BCUT2D eigenvalue weighted by Gasteiger charge is -2.16. The summed E-state index contributed by atoms with van der Waals surface area (Å²) in [7, 11) is 3.16. The van der Waals surface area contributed by atoms with Gasteiger partial charge in [-0.2, -0.15) is 15.0 Å². The van der Waals surface area contributed by atoms with Gasteiger partial charge >= 0.3 is 6.01 Å². The maximum Gasteiger partial charge on any atom is 0.320 e. The van der Waals surface area contributed by atoms with Gasteiger partial charge in [0.1, 0.15) is 6.61 Å². The average Bonchev–Trinajstić information content (AvgIpc) is 3.54. The number of halogens is 1. The van der Waals surface area contributed by atoms with Crippen molar-refractivity contribution in [3.8, 4) is 23.1 Å². The Bertz CT molecular complexity index is 1390. The fourth-order valence-electron chi connectivity index (χ4n) is 4.65. The summed E-state index contributed by atoms with van der Waals surface area (Å²) in [5.41, 5.74) is 11.6. The average molecular weight is 523 g/mol. The molecule has 1 aliphatic rings. The van der Waals surface area contributed by atoms with E-state index in [4.69, 9.17) is 31.5 Å².